The highest BCUT2D eigenvalue weighted by atomic mass is 32.2. The van der Waals surface area contributed by atoms with Gasteiger partial charge in [0, 0.05) is 25.2 Å². The average Bonchev–Trinajstić information content (AvgIpc) is 3.20. The molecule has 2 heterocycles. The van der Waals surface area contributed by atoms with Gasteiger partial charge in [-0.2, -0.15) is 5.10 Å². The number of fused-ring (bicyclic) bond motifs is 1. The summed E-state index contributed by atoms with van der Waals surface area (Å²) in [7, 11) is -4.08. The van der Waals surface area contributed by atoms with Gasteiger partial charge in [0.15, 0.2) is 9.84 Å². The van der Waals surface area contributed by atoms with Crippen molar-refractivity contribution >= 4 is 31.6 Å². The number of benzene rings is 2. The largest absolute Gasteiger partial charge is 0.306 e. The number of anilines is 1. The zero-order chi connectivity index (χ0) is 23.3. The molecule has 0 saturated heterocycles. The Morgan fingerprint density at radius 2 is 1.72 bits per heavy atom. The number of carbonyl (C=O) groups is 1. The van der Waals surface area contributed by atoms with Crippen LogP contribution in [0.4, 0.5) is 5.82 Å². The van der Waals surface area contributed by atoms with E-state index in [-0.39, 0.29) is 22.0 Å². The molecule has 168 valence electrons. The van der Waals surface area contributed by atoms with Crippen molar-refractivity contribution in [3.63, 3.8) is 0 Å². The van der Waals surface area contributed by atoms with Crippen LogP contribution in [0.2, 0.25) is 0 Å². The first-order chi connectivity index (χ1) is 15.0. The van der Waals surface area contributed by atoms with Gasteiger partial charge in [-0.15, -0.1) is 0 Å². The van der Waals surface area contributed by atoms with Crippen LogP contribution in [-0.4, -0.2) is 50.9 Å². The smallest absolute Gasteiger partial charge is 0.256 e. The molecule has 1 aromatic heterocycles. The molecule has 1 aliphatic heterocycles. The monoisotopic (exact) mass is 474 g/mol. The molecule has 3 aromatic rings. The molecule has 1 amide bonds. The molecule has 0 atom stereocenters. The second kappa shape index (κ2) is 7.84. The zero-order valence-corrected chi connectivity index (χ0v) is 19.4. The summed E-state index contributed by atoms with van der Waals surface area (Å²) in [4.78, 5) is 13.0. The topological polar surface area (TPSA) is 118 Å². The predicted octanol–water partition coefficient (Wildman–Crippen LogP) is 2.11. The van der Waals surface area contributed by atoms with Crippen molar-refractivity contribution < 1.29 is 21.6 Å². The molecule has 0 radical (unpaired) electrons. The first-order valence-corrected chi connectivity index (χ1v) is 13.0. The lowest BCUT2D eigenvalue weighted by Crippen LogP contribution is -2.22. The van der Waals surface area contributed by atoms with Crippen molar-refractivity contribution in [3.05, 3.63) is 70.9 Å². The van der Waals surface area contributed by atoms with Gasteiger partial charge in [0.2, 0.25) is 10.0 Å². The molecule has 32 heavy (non-hydrogen) atoms. The lowest BCUT2D eigenvalue weighted by atomic mass is 10.2. The SMILES string of the molecule is Cc1ccccc1-n1nc2c(c1NC(=O)c1ccc(S(=O)(=O)N(C)C)cc1)CS(=O)(=O)C2. The second-order valence-corrected chi connectivity index (χ2v) is 12.0. The molecule has 0 aliphatic carbocycles. The normalized spacial score (nSPS) is 15.0. The lowest BCUT2D eigenvalue weighted by Gasteiger charge is -2.14. The number of hydrogen-bond acceptors (Lipinski definition) is 6. The van der Waals surface area contributed by atoms with E-state index < -0.39 is 25.8 Å². The van der Waals surface area contributed by atoms with Crippen LogP contribution in [0.1, 0.15) is 27.2 Å². The van der Waals surface area contributed by atoms with Gasteiger partial charge in [0.1, 0.15) is 5.82 Å². The first kappa shape index (κ1) is 22.2. The van der Waals surface area contributed by atoms with Crippen LogP contribution in [-0.2, 0) is 31.4 Å². The molecule has 0 saturated carbocycles. The minimum absolute atomic E-state index is 0.0657. The van der Waals surface area contributed by atoms with Crippen LogP contribution in [0.25, 0.3) is 5.69 Å². The fourth-order valence-corrected chi connectivity index (χ4v) is 5.91. The van der Waals surface area contributed by atoms with Gasteiger partial charge in [0.25, 0.3) is 5.91 Å². The molecule has 9 nitrogen and oxygen atoms in total. The third kappa shape index (κ3) is 3.94. The van der Waals surface area contributed by atoms with Crippen LogP contribution < -0.4 is 5.32 Å². The van der Waals surface area contributed by atoms with Gasteiger partial charge in [-0.1, -0.05) is 18.2 Å². The van der Waals surface area contributed by atoms with E-state index in [1.54, 1.807) is 4.68 Å². The van der Waals surface area contributed by atoms with Gasteiger partial charge >= 0.3 is 0 Å². The van der Waals surface area contributed by atoms with Crippen molar-refractivity contribution in [1.82, 2.24) is 14.1 Å². The number of para-hydroxylation sites is 1. The van der Waals surface area contributed by atoms with Crippen LogP contribution >= 0.6 is 0 Å². The maximum atomic E-state index is 13.0. The number of nitrogens with one attached hydrogen (secondary N) is 1. The lowest BCUT2D eigenvalue weighted by molar-refractivity contribution is 0.102. The highest BCUT2D eigenvalue weighted by molar-refractivity contribution is 7.90. The Morgan fingerprint density at radius 3 is 2.34 bits per heavy atom. The molecule has 11 heteroatoms. The fourth-order valence-electron chi connectivity index (χ4n) is 3.52. The minimum atomic E-state index is -3.62. The van der Waals surface area contributed by atoms with Crippen molar-refractivity contribution in [2.24, 2.45) is 0 Å². The summed E-state index contributed by atoms with van der Waals surface area (Å²) in [5.41, 5.74) is 2.74. The molecule has 0 bridgehead atoms. The average molecular weight is 475 g/mol. The Bertz CT molecular complexity index is 1420. The molecule has 2 aromatic carbocycles. The first-order valence-electron chi connectivity index (χ1n) is 9.71. The highest BCUT2D eigenvalue weighted by Gasteiger charge is 2.33. The fraction of sp³-hybridized carbons (Fsp3) is 0.238. The third-order valence-corrected chi connectivity index (χ3v) is 8.53. The van der Waals surface area contributed by atoms with E-state index in [4.69, 9.17) is 0 Å². The standard InChI is InChI=1S/C21H22N4O5S2/c1-14-6-4-5-7-19(14)25-20(17-12-31(27,28)13-18(17)23-25)22-21(26)15-8-10-16(11-9-15)32(29,30)24(2)3/h4-11H,12-13H2,1-3H3,(H,22,26). The molecule has 0 spiro atoms. The number of aryl methyl sites for hydroxylation is 1. The predicted molar refractivity (Wildman–Crippen MR) is 120 cm³/mol. The molecular formula is C21H22N4O5S2. The Morgan fingerprint density at radius 1 is 1.06 bits per heavy atom. The van der Waals surface area contributed by atoms with Gasteiger partial charge < -0.3 is 5.32 Å². The van der Waals surface area contributed by atoms with E-state index in [0.717, 1.165) is 15.6 Å². The number of sulfonamides is 1. The Hall–Kier alpha value is -3.02. The summed E-state index contributed by atoms with van der Waals surface area (Å²) in [6, 6.07) is 13.0. The van der Waals surface area contributed by atoms with Crippen LogP contribution in [0.5, 0.6) is 0 Å². The summed E-state index contributed by atoms with van der Waals surface area (Å²) in [6.07, 6.45) is 0. The maximum Gasteiger partial charge on any atom is 0.256 e. The van der Waals surface area contributed by atoms with E-state index in [1.165, 1.54) is 38.4 Å². The van der Waals surface area contributed by atoms with Crippen LogP contribution in [0.15, 0.2) is 53.4 Å². The van der Waals surface area contributed by atoms with Gasteiger partial charge in [-0.3, -0.25) is 4.79 Å². The van der Waals surface area contributed by atoms with Crippen LogP contribution in [0, 0.1) is 6.92 Å². The number of amides is 1. The van der Waals surface area contributed by atoms with Gasteiger partial charge in [0.05, 0.1) is 27.8 Å². The second-order valence-electron chi connectivity index (χ2n) is 7.77. The summed E-state index contributed by atoms with van der Waals surface area (Å²) in [5, 5.41) is 7.26. The van der Waals surface area contributed by atoms with Crippen molar-refractivity contribution in [3.8, 4) is 5.69 Å². The quantitative estimate of drug-likeness (QED) is 0.605. The number of sulfone groups is 1. The maximum absolute atomic E-state index is 13.0. The number of rotatable bonds is 5. The minimum Gasteiger partial charge on any atom is -0.306 e. The van der Waals surface area contributed by atoms with Gasteiger partial charge in [-0.05, 0) is 42.8 Å². The van der Waals surface area contributed by atoms with E-state index in [2.05, 4.69) is 10.4 Å². The molecule has 0 fully saturated rings. The molecule has 1 N–H and O–H groups in total. The van der Waals surface area contributed by atoms with E-state index in [1.807, 2.05) is 31.2 Å². The van der Waals surface area contributed by atoms with E-state index >= 15 is 0 Å². The summed E-state index contributed by atoms with van der Waals surface area (Å²) in [6.45, 7) is 1.90. The number of aromatic nitrogens is 2. The van der Waals surface area contributed by atoms with E-state index in [9.17, 15) is 21.6 Å². The Kier molecular flexibility index (Phi) is 5.43. The summed E-state index contributed by atoms with van der Waals surface area (Å²) >= 11 is 0. The number of nitrogens with zero attached hydrogens (tertiary/aromatic N) is 3. The molecule has 4 rings (SSSR count). The molecular weight excluding hydrogens is 452 g/mol. The van der Waals surface area contributed by atoms with Crippen LogP contribution in [0.3, 0.4) is 0 Å². The van der Waals surface area contributed by atoms with Crippen molar-refractivity contribution in [2.45, 2.75) is 23.3 Å². The Balaban J connectivity index is 1.71. The highest BCUT2D eigenvalue weighted by Crippen LogP contribution is 2.34. The summed E-state index contributed by atoms with van der Waals surface area (Å²) in [5.74, 6) is -0.587. The Labute approximate surface area is 186 Å². The zero-order valence-electron chi connectivity index (χ0n) is 17.7. The molecule has 0 unspecified atom stereocenters. The van der Waals surface area contributed by atoms with Crippen molar-refractivity contribution in [1.29, 1.82) is 0 Å². The van der Waals surface area contributed by atoms with Crippen molar-refractivity contribution in [2.75, 3.05) is 19.4 Å². The van der Waals surface area contributed by atoms with Gasteiger partial charge in [-0.25, -0.2) is 25.8 Å². The summed E-state index contributed by atoms with van der Waals surface area (Å²) < 4.78 is 51.4. The molecule has 1 aliphatic rings. The van der Waals surface area contributed by atoms with E-state index in [0.29, 0.717) is 17.1 Å². The number of carbonyl (C=O) groups excluding carboxylic acids is 1. The number of hydrogen-bond donors (Lipinski definition) is 1. The third-order valence-electron chi connectivity index (χ3n) is 5.26.